The van der Waals surface area contributed by atoms with Crippen molar-refractivity contribution in [2.75, 3.05) is 0 Å². The van der Waals surface area contributed by atoms with E-state index in [1.165, 1.54) is 6.42 Å². The topological polar surface area (TPSA) is 78.4 Å². The molecule has 108 valence electrons. The molecule has 2 fully saturated rings. The zero-order valence-corrected chi connectivity index (χ0v) is 11.4. The number of aliphatic carboxylic acids is 1. The maximum Gasteiger partial charge on any atom is 0.326 e. The van der Waals surface area contributed by atoms with E-state index in [0.29, 0.717) is 0 Å². The molecule has 5 heteroatoms. The first-order chi connectivity index (χ1) is 9.16. The number of carboxylic acids is 1. The van der Waals surface area contributed by atoms with Gasteiger partial charge in [-0.3, -0.25) is 0 Å². The highest BCUT2D eigenvalue weighted by Gasteiger charge is 2.31. The summed E-state index contributed by atoms with van der Waals surface area (Å²) in [5.41, 5.74) is 0. The Kier molecular flexibility index (Phi) is 5.05. The quantitative estimate of drug-likeness (QED) is 0.731. The molecule has 19 heavy (non-hydrogen) atoms. The summed E-state index contributed by atoms with van der Waals surface area (Å²) < 4.78 is 0. The fourth-order valence-corrected chi connectivity index (χ4v) is 3.29. The third kappa shape index (κ3) is 4.11. The van der Waals surface area contributed by atoms with Crippen LogP contribution in [0.15, 0.2) is 0 Å². The summed E-state index contributed by atoms with van der Waals surface area (Å²) in [5, 5.41) is 14.8. The molecule has 0 bridgehead atoms. The van der Waals surface area contributed by atoms with Gasteiger partial charge in [0.2, 0.25) is 0 Å². The lowest BCUT2D eigenvalue weighted by Gasteiger charge is -2.28. The molecule has 0 heterocycles. The summed E-state index contributed by atoms with van der Waals surface area (Å²) in [6, 6.07) is -0.827. The van der Waals surface area contributed by atoms with Crippen LogP contribution in [0.2, 0.25) is 0 Å². The Morgan fingerprint density at radius 2 is 1.53 bits per heavy atom. The van der Waals surface area contributed by atoms with Gasteiger partial charge in [-0.1, -0.05) is 32.1 Å². The van der Waals surface area contributed by atoms with Crippen molar-refractivity contribution >= 4 is 12.0 Å². The number of amides is 2. The zero-order chi connectivity index (χ0) is 13.7. The molecule has 2 rings (SSSR count). The lowest BCUT2D eigenvalue weighted by Crippen LogP contribution is -2.51. The first-order valence-electron chi connectivity index (χ1n) is 7.46. The molecule has 1 unspecified atom stereocenters. The van der Waals surface area contributed by atoms with E-state index in [1.54, 1.807) is 0 Å². The number of hydrogen-bond acceptors (Lipinski definition) is 2. The Labute approximate surface area is 114 Å². The molecular formula is C14H24N2O3. The third-order valence-electron chi connectivity index (χ3n) is 4.36. The highest BCUT2D eigenvalue weighted by Crippen LogP contribution is 2.26. The fourth-order valence-electron chi connectivity index (χ4n) is 3.29. The minimum Gasteiger partial charge on any atom is -0.480 e. The van der Waals surface area contributed by atoms with Crippen LogP contribution in [0.4, 0.5) is 4.79 Å². The molecular weight excluding hydrogens is 244 g/mol. The monoisotopic (exact) mass is 268 g/mol. The number of urea groups is 1. The van der Waals surface area contributed by atoms with Crippen LogP contribution in [-0.2, 0) is 4.79 Å². The van der Waals surface area contributed by atoms with Gasteiger partial charge in [0.25, 0.3) is 0 Å². The number of carboxylic acid groups (broad SMARTS) is 1. The zero-order valence-electron chi connectivity index (χ0n) is 11.4. The van der Waals surface area contributed by atoms with Gasteiger partial charge in [-0.05, 0) is 31.6 Å². The predicted molar refractivity (Wildman–Crippen MR) is 71.9 cm³/mol. The smallest absolute Gasteiger partial charge is 0.326 e. The highest BCUT2D eigenvalue weighted by molar-refractivity contribution is 5.82. The molecule has 2 amide bonds. The van der Waals surface area contributed by atoms with Crippen LogP contribution < -0.4 is 10.6 Å². The normalized spacial score (nSPS) is 22.9. The summed E-state index contributed by atoms with van der Waals surface area (Å²) in [7, 11) is 0. The number of carbonyl (C=O) groups is 2. The average molecular weight is 268 g/mol. The molecule has 0 aromatic heterocycles. The van der Waals surface area contributed by atoms with Gasteiger partial charge in [-0.15, -0.1) is 0 Å². The Balaban J connectivity index is 1.84. The molecule has 0 spiro atoms. The minimum absolute atomic E-state index is 0.0839. The standard InChI is InChI=1S/C14H24N2O3/c17-13(18)12(10-6-2-1-3-7-10)16-14(19)15-11-8-4-5-9-11/h10-12H,1-9H2,(H,17,18)(H2,15,16,19). The molecule has 1 atom stereocenters. The second kappa shape index (κ2) is 6.78. The van der Waals surface area contributed by atoms with Crippen molar-refractivity contribution in [1.29, 1.82) is 0 Å². The van der Waals surface area contributed by atoms with Gasteiger partial charge in [-0.25, -0.2) is 9.59 Å². The van der Waals surface area contributed by atoms with Crippen molar-refractivity contribution < 1.29 is 14.7 Å². The lowest BCUT2D eigenvalue weighted by molar-refractivity contribution is -0.141. The second-order valence-electron chi connectivity index (χ2n) is 5.81. The van der Waals surface area contributed by atoms with Gasteiger partial charge < -0.3 is 15.7 Å². The van der Waals surface area contributed by atoms with E-state index in [4.69, 9.17) is 0 Å². The van der Waals surface area contributed by atoms with Gasteiger partial charge in [0.15, 0.2) is 0 Å². The molecule has 0 radical (unpaired) electrons. The SMILES string of the molecule is O=C(NC1CCCC1)NC(C(=O)O)C1CCCCC1. The highest BCUT2D eigenvalue weighted by atomic mass is 16.4. The summed E-state index contributed by atoms with van der Waals surface area (Å²) in [6.45, 7) is 0. The molecule has 0 aromatic carbocycles. The Hall–Kier alpha value is -1.26. The Morgan fingerprint density at radius 1 is 0.947 bits per heavy atom. The Bertz CT molecular complexity index is 321. The van der Waals surface area contributed by atoms with Crippen LogP contribution in [0.1, 0.15) is 57.8 Å². The van der Waals surface area contributed by atoms with Crippen molar-refractivity contribution in [2.24, 2.45) is 5.92 Å². The van der Waals surface area contributed by atoms with Crippen LogP contribution in [0.25, 0.3) is 0 Å². The molecule has 2 aliphatic rings. The van der Waals surface area contributed by atoms with E-state index >= 15 is 0 Å². The number of nitrogens with one attached hydrogen (secondary N) is 2. The van der Waals surface area contributed by atoms with Crippen LogP contribution in [-0.4, -0.2) is 29.2 Å². The molecule has 0 saturated heterocycles. The fraction of sp³-hybridized carbons (Fsp3) is 0.857. The summed E-state index contributed by atoms with van der Waals surface area (Å²) in [4.78, 5) is 23.2. The van der Waals surface area contributed by atoms with Crippen molar-refractivity contribution in [3.8, 4) is 0 Å². The number of carbonyl (C=O) groups excluding carboxylic acids is 1. The minimum atomic E-state index is -0.909. The largest absolute Gasteiger partial charge is 0.480 e. The summed E-state index contributed by atoms with van der Waals surface area (Å²) in [6.07, 6.45) is 9.44. The van der Waals surface area contributed by atoms with E-state index in [0.717, 1.165) is 51.4 Å². The molecule has 5 nitrogen and oxygen atoms in total. The molecule has 0 aliphatic heterocycles. The van der Waals surface area contributed by atoms with E-state index < -0.39 is 12.0 Å². The molecule has 0 aromatic rings. The van der Waals surface area contributed by atoms with Gasteiger partial charge in [0, 0.05) is 6.04 Å². The van der Waals surface area contributed by atoms with E-state index in [1.807, 2.05) is 0 Å². The molecule has 2 saturated carbocycles. The van der Waals surface area contributed by atoms with Crippen molar-refractivity contribution in [3.05, 3.63) is 0 Å². The van der Waals surface area contributed by atoms with Gasteiger partial charge in [0.05, 0.1) is 0 Å². The van der Waals surface area contributed by atoms with E-state index in [-0.39, 0.29) is 18.0 Å². The maximum absolute atomic E-state index is 11.9. The van der Waals surface area contributed by atoms with Crippen molar-refractivity contribution in [3.63, 3.8) is 0 Å². The van der Waals surface area contributed by atoms with Gasteiger partial charge >= 0.3 is 12.0 Å². The van der Waals surface area contributed by atoms with Gasteiger partial charge in [0.1, 0.15) is 6.04 Å². The van der Waals surface area contributed by atoms with Crippen molar-refractivity contribution in [1.82, 2.24) is 10.6 Å². The van der Waals surface area contributed by atoms with E-state index in [2.05, 4.69) is 10.6 Å². The molecule has 3 N–H and O–H groups in total. The molecule has 2 aliphatic carbocycles. The lowest BCUT2D eigenvalue weighted by atomic mass is 9.84. The summed E-state index contributed by atoms with van der Waals surface area (Å²) in [5.74, 6) is -0.825. The van der Waals surface area contributed by atoms with Crippen LogP contribution in [0, 0.1) is 5.92 Å². The Morgan fingerprint density at radius 3 is 2.11 bits per heavy atom. The van der Waals surface area contributed by atoms with Gasteiger partial charge in [-0.2, -0.15) is 0 Å². The first-order valence-corrected chi connectivity index (χ1v) is 7.46. The number of hydrogen-bond donors (Lipinski definition) is 3. The van der Waals surface area contributed by atoms with E-state index in [9.17, 15) is 14.7 Å². The third-order valence-corrected chi connectivity index (χ3v) is 4.36. The predicted octanol–water partition coefficient (Wildman–Crippen LogP) is 2.26. The maximum atomic E-state index is 11.9. The second-order valence-corrected chi connectivity index (χ2v) is 5.81. The average Bonchev–Trinajstić information content (AvgIpc) is 2.89. The number of rotatable bonds is 4. The van der Waals surface area contributed by atoms with Crippen LogP contribution >= 0.6 is 0 Å². The summed E-state index contributed by atoms with van der Waals surface area (Å²) >= 11 is 0. The van der Waals surface area contributed by atoms with Crippen LogP contribution in [0.3, 0.4) is 0 Å². The van der Waals surface area contributed by atoms with Crippen molar-refractivity contribution in [2.45, 2.75) is 69.9 Å². The van der Waals surface area contributed by atoms with Crippen LogP contribution in [0.5, 0.6) is 0 Å². The first kappa shape index (κ1) is 14.2.